The molecule has 7 nitrogen and oxygen atoms in total. The van der Waals surface area contributed by atoms with Crippen LogP contribution in [0.15, 0.2) is 34.9 Å². The van der Waals surface area contributed by atoms with Crippen molar-refractivity contribution in [1.82, 2.24) is 15.1 Å². The number of hydrogen-bond donors (Lipinski definition) is 1. The van der Waals surface area contributed by atoms with Crippen LogP contribution in [-0.4, -0.2) is 41.1 Å². The summed E-state index contributed by atoms with van der Waals surface area (Å²) in [6.07, 6.45) is -0.578. The van der Waals surface area contributed by atoms with Crippen LogP contribution in [-0.2, 0) is 9.47 Å². The van der Waals surface area contributed by atoms with Gasteiger partial charge < -0.3 is 14.8 Å². The van der Waals surface area contributed by atoms with Crippen molar-refractivity contribution in [1.29, 1.82) is 0 Å². The predicted molar refractivity (Wildman–Crippen MR) is 105 cm³/mol. The highest BCUT2D eigenvalue weighted by Gasteiger charge is 2.26. The SMILES string of the molecule is COC(=O)c1cc(Br)nn1C(CNC(=O)OC(C)(C)C)c1ccccc1Cl. The average Bonchev–Trinajstić information content (AvgIpc) is 2.96. The Kier molecular flexibility index (Phi) is 6.89. The Balaban J connectivity index is 2.39. The largest absolute Gasteiger partial charge is 0.464 e. The summed E-state index contributed by atoms with van der Waals surface area (Å²) < 4.78 is 12.0. The van der Waals surface area contributed by atoms with Crippen LogP contribution in [0.1, 0.15) is 42.9 Å². The molecule has 1 unspecified atom stereocenters. The number of halogens is 2. The van der Waals surface area contributed by atoms with Crippen molar-refractivity contribution in [3.63, 3.8) is 0 Å². The van der Waals surface area contributed by atoms with Gasteiger partial charge in [-0.15, -0.1) is 0 Å². The first-order valence-electron chi connectivity index (χ1n) is 8.17. The summed E-state index contributed by atoms with van der Waals surface area (Å²) in [6.45, 7) is 5.44. The standard InChI is InChI=1S/C18H21BrClN3O4/c1-18(2,3)27-17(25)21-10-14(11-7-5-6-8-12(11)20)23-13(16(24)26-4)9-15(19)22-23/h5-9,14H,10H2,1-4H3,(H,21,25). The van der Waals surface area contributed by atoms with E-state index in [1.54, 1.807) is 45.0 Å². The molecule has 1 aromatic heterocycles. The van der Waals surface area contributed by atoms with E-state index in [0.29, 0.717) is 15.2 Å². The Morgan fingerprint density at radius 2 is 2.00 bits per heavy atom. The molecule has 0 aliphatic heterocycles. The van der Waals surface area contributed by atoms with Crippen molar-refractivity contribution < 1.29 is 19.1 Å². The van der Waals surface area contributed by atoms with Gasteiger partial charge in [0.1, 0.15) is 15.9 Å². The van der Waals surface area contributed by atoms with E-state index >= 15 is 0 Å². The number of carbonyl (C=O) groups is 2. The Bertz CT molecular complexity index is 832. The molecule has 27 heavy (non-hydrogen) atoms. The molecule has 0 spiro atoms. The van der Waals surface area contributed by atoms with Gasteiger partial charge in [-0.3, -0.25) is 0 Å². The third-order valence-electron chi connectivity index (χ3n) is 3.50. The maximum atomic E-state index is 12.1. The van der Waals surface area contributed by atoms with Crippen LogP contribution in [0.5, 0.6) is 0 Å². The van der Waals surface area contributed by atoms with Gasteiger partial charge in [0.05, 0.1) is 13.2 Å². The van der Waals surface area contributed by atoms with E-state index < -0.39 is 23.7 Å². The second-order valence-electron chi connectivity index (χ2n) is 6.71. The van der Waals surface area contributed by atoms with Crippen LogP contribution in [0.4, 0.5) is 4.79 Å². The number of nitrogens with one attached hydrogen (secondary N) is 1. The lowest BCUT2D eigenvalue weighted by atomic mass is 10.1. The van der Waals surface area contributed by atoms with Crippen molar-refractivity contribution in [3.8, 4) is 0 Å². The first-order chi connectivity index (χ1) is 12.6. The molecule has 146 valence electrons. The highest BCUT2D eigenvalue weighted by atomic mass is 79.9. The number of benzene rings is 1. The lowest BCUT2D eigenvalue weighted by molar-refractivity contribution is 0.0522. The molecule has 0 bridgehead atoms. The molecular formula is C18H21BrClN3O4. The van der Waals surface area contributed by atoms with E-state index in [1.807, 2.05) is 6.07 Å². The second kappa shape index (κ2) is 8.75. The van der Waals surface area contributed by atoms with Crippen LogP contribution >= 0.6 is 27.5 Å². The Morgan fingerprint density at radius 3 is 2.59 bits per heavy atom. The van der Waals surface area contributed by atoms with Gasteiger partial charge in [-0.2, -0.15) is 5.10 Å². The van der Waals surface area contributed by atoms with Crippen LogP contribution in [0, 0.1) is 0 Å². The molecule has 0 aliphatic carbocycles. The van der Waals surface area contributed by atoms with Crippen LogP contribution in [0.2, 0.25) is 5.02 Å². The predicted octanol–water partition coefficient (Wildman–Crippen LogP) is 4.20. The average molecular weight is 459 g/mol. The van der Waals surface area contributed by atoms with Crippen molar-refractivity contribution in [2.75, 3.05) is 13.7 Å². The maximum absolute atomic E-state index is 12.1. The molecule has 1 amide bonds. The number of carbonyl (C=O) groups excluding carboxylic acids is 2. The summed E-state index contributed by atoms with van der Waals surface area (Å²) >= 11 is 9.63. The molecular weight excluding hydrogens is 438 g/mol. The van der Waals surface area contributed by atoms with Crippen molar-refractivity contribution in [3.05, 3.63) is 51.2 Å². The van der Waals surface area contributed by atoms with Crippen LogP contribution in [0.25, 0.3) is 0 Å². The number of amides is 1. The molecule has 2 aromatic rings. The smallest absolute Gasteiger partial charge is 0.407 e. The Morgan fingerprint density at radius 1 is 1.33 bits per heavy atom. The molecule has 0 saturated heterocycles. The Hall–Kier alpha value is -2.06. The number of ether oxygens (including phenoxy) is 2. The molecule has 0 aliphatic rings. The lowest BCUT2D eigenvalue weighted by Crippen LogP contribution is -2.37. The fourth-order valence-electron chi connectivity index (χ4n) is 2.43. The molecule has 1 N–H and O–H groups in total. The maximum Gasteiger partial charge on any atom is 0.407 e. The monoisotopic (exact) mass is 457 g/mol. The van der Waals surface area contributed by atoms with E-state index in [0.717, 1.165) is 0 Å². The van der Waals surface area contributed by atoms with E-state index in [-0.39, 0.29) is 12.2 Å². The summed E-state index contributed by atoms with van der Waals surface area (Å²) in [4.78, 5) is 24.2. The van der Waals surface area contributed by atoms with Gasteiger partial charge in [0.2, 0.25) is 0 Å². The minimum atomic E-state index is -0.629. The van der Waals surface area contributed by atoms with Gasteiger partial charge in [-0.1, -0.05) is 29.8 Å². The number of nitrogens with zero attached hydrogens (tertiary/aromatic N) is 2. The Labute approximate surface area is 171 Å². The molecule has 1 atom stereocenters. The number of aromatic nitrogens is 2. The fourth-order valence-corrected chi connectivity index (χ4v) is 3.08. The van der Waals surface area contributed by atoms with E-state index in [9.17, 15) is 9.59 Å². The van der Waals surface area contributed by atoms with Crippen molar-refractivity contribution >= 4 is 39.6 Å². The molecule has 0 fully saturated rings. The fraction of sp³-hybridized carbons (Fsp3) is 0.389. The minimum Gasteiger partial charge on any atom is -0.464 e. The first kappa shape index (κ1) is 21.2. The summed E-state index contributed by atoms with van der Waals surface area (Å²) in [5, 5.41) is 7.52. The summed E-state index contributed by atoms with van der Waals surface area (Å²) in [5.74, 6) is -0.553. The second-order valence-corrected chi connectivity index (χ2v) is 7.93. The van der Waals surface area contributed by atoms with Gasteiger partial charge >= 0.3 is 12.1 Å². The third kappa shape index (κ3) is 5.71. The van der Waals surface area contributed by atoms with E-state index in [1.165, 1.54) is 11.8 Å². The third-order valence-corrected chi connectivity index (χ3v) is 4.23. The summed E-state index contributed by atoms with van der Waals surface area (Å²) in [6, 6.07) is 8.14. The molecule has 2 rings (SSSR count). The highest BCUT2D eigenvalue weighted by molar-refractivity contribution is 9.10. The van der Waals surface area contributed by atoms with Crippen molar-refractivity contribution in [2.24, 2.45) is 0 Å². The van der Waals surface area contributed by atoms with Crippen molar-refractivity contribution in [2.45, 2.75) is 32.4 Å². The number of hydrogen-bond acceptors (Lipinski definition) is 5. The number of esters is 1. The molecule has 9 heteroatoms. The van der Waals surface area contributed by atoms with Gasteiger partial charge in [-0.05, 0) is 48.3 Å². The zero-order chi connectivity index (χ0) is 20.2. The van der Waals surface area contributed by atoms with Gasteiger partial charge in [0.25, 0.3) is 0 Å². The quantitative estimate of drug-likeness (QED) is 0.679. The first-order valence-corrected chi connectivity index (χ1v) is 9.34. The van der Waals surface area contributed by atoms with E-state index in [4.69, 9.17) is 21.1 Å². The summed E-state index contributed by atoms with van der Waals surface area (Å²) in [7, 11) is 1.29. The van der Waals surface area contributed by atoms with Gasteiger partial charge in [0, 0.05) is 17.6 Å². The molecule has 0 saturated carbocycles. The van der Waals surface area contributed by atoms with Gasteiger partial charge in [-0.25, -0.2) is 14.3 Å². The molecule has 0 radical (unpaired) electrons. The lowest BCUT2D eigenvalue weighted by Gasteiger charge is -2.24. The number of rotatable bonds is 5. The highest BCUT2D eigenvalue weighted by Crippen LogP contribution is 2.28. The van der Waals surface area contributed by atoms with Crippen LogP contribution in [0.3, 0.4) is 0 Å². The molecule has 1 aromatic carbocycles. The molecule has 1 heterocycles. The topological polar surface area (TPSA) is 82.5 Å². The normalized spacial score (nSPS) is 12.4. The summed E-state index contributed by atoms with van der Waals surface area (Å²) in [5.41, 5.74) is 0.284. The van der Waals surface area contributed by atoms with Crippen LogP contribution < -0.4 is 5.32 Å². The van der Waals surface area contributed by atoms with Gasteiger partial charge in [0.15, 0.2) is 0 Å². The van der Waals surface area contributed by atoms with E-state index in [2.05, 4.69) is 26.3 Å². The zero-order valence-corrected chi connectivity index (χ0v) is 17.8. The minimum absolute atomic E-state index is 0.108. The number of methoxy groups -OCH3 is 1. The zero-order valence-electron chi connectivity index (χ0n) is 15.5. The number of alkyl carbamates (subject to hydrolysis) is 1.